The molecule has 1 aliphatic rings. The number of rotatable bonds is 4. The van der Waals surface area contributed by atoms with Gasteiger partial charge in [0.2, 0.25) is 0 Å². The molecule has 0 saturated carbocycles. The summed E-state index contributed by atoms with van der Waals surface area (Å²) in [5.41, 5.74) is 4.93. The first kappa shape index (κ1) is 16.7. The Balaban J connectivity index is 1.62. The van der Waals surface area contributed by atoms with E-state index < -0.39 is 0 Å². The van der Waals surface area contributed by atoms with Gasteiger partial charge < -0.3 is 9.52 Å². The van der Waals surface area contributed by atoms with Crippen LogP contribution in [0, 0.1) is 11.3 Å². The molecule has 0 fully saturated rings. The molecule has 4 nitrogen and oxygen atoms in total. The summed E-state index contributed by atoms with van der Waals surface area (Å²) in [6.45, 7) is 1.40. The first-order chi connectivity index (χ1) is 12.7. The molecule has 3 aromatic rings. The van der Waals surface area contributed by atoms with Crippen LogP contribution in [0.2, 0.25) is 0 Å². The van der Waals surface area contributed by atoms with E-state index in [2.05, 4.69) is 11.0 Å². The van der Waals surface area contributed by atoms with E-state index in [1.54, 1.807) is 6.07 Å². The van der Waals surface area contributed by atoms with Crippen molar-refractivity contribution < 1.29 is 9.52 Å². The van der Waals surface area contributed by atoms with Gasteiger partial charge in [-0.1, -0.05) is 12.1 Å². The van der Waals surface area contributed by atoms with Gasteiger partial charge in [0.15, 0.2) is 0 Å². The fourth-order valence-corrected chi connectivity index (χ4v) is 3.90. The Bertz CT molecular complexity index is 980. The van der Waals surface area contributed by atoms with Crippen LogP contribution in [0.5, 0.6) is 5.75 Å². The molecule has 1 N–H and O–H groups in total. The second-order valence-corrected chi connectivity index (χ2v) is 7.13. The van der Waals surface area contributed by atoms with Crippen molar-refractivity contribution in [3.63, 3.8) is 0 Å². The highest BCUT2D eigenvalue weighted by molar-refractivity contribution is 5.88. The van der Waals surface area contributed by atoms with Gasteiger partial charge in [0.05, 0.1) is 11.6 Å². The SMILES string of the molecule is CN(Cc1ccc(C#N)cc1)Cc1c(O)ccc2oc3c(c12)CCCC3. The minimum atomic E-state index is 0.332. The molecule has 0 spiro atoms. The summed E-state index contributed by atoms with van der Waals surface area (Å²) in [6.07, 6.45) is 4.37. The van der Waals surface area contributed by atoms with Crippen LogP contribution in [0.4, 0.5) is 0 Å². The van der Waals surface area contributed by atoms with Crippen molar-refractivity contribution in [1.82, 2.24) is 4.90 Å². The van der Waals surface area contributed by atoms with E-state index in [1.165, 1.54) is 18.4 Å². The average molecular weight is 346 g/mol. The van der Waals surface area contributed by atoms with Gasteiger partial charge >= 0.3 is 0 Å². The molecule has 0 saturated heterocycles. The number of benzene rings is 2. The average Bonchev–Trinajstić information content (AvgIpc) is 3.03. The number of nitrogens with zero attached hydrogens (tertiary/aromatic N) is 2. The zero-order chi connectivity index (χ0) is 18.1. The number of hydrogen-bond acceptors (Lipinski definition) is 4. The Hall–Kier alpha value is -2.77. The molecule has 1 aliphatic carbocycles. The van der Waals surface area contributed by atoms with Gasteiger partial charge in [0, 0.05) is 36.0 Å². The lowest BCUT2D eigenvalue weighted by Gasteiger charge is -2.19. The van der Waals surface area contributed by atoms with Crippen LogP contribution in [-0.2, 0) is 25.9 Å². The molecule has 0 amide bonds. The highest BCUT2D eigenvalue weighted by atomic mass is 16.3. The van der Waals surface area contributed by atoms with Gasteiger partial charge in [-0.3, -0.25) is 4.90 Å². The summed E-state index contributed by atoms with van der Waals surface area (Å²) >= 11 is 0. The van der Waals surface area contributed by atoms with E-state index in [1.807, 2.05) is 37.4 Å². The standard InChI is InChI=1S/C22H22N2O2/c1-24(13-16-8-6-15(12-23)7-9-16)14-18-19(25)10-11-21-22(18)17-4-2-3-5-20(17)26-21/h6-11,25H,2-5,13-14H2,1H3. The third-order valence-corrected chi connectivity index (χ3v) is 5.17. The number of aromatic hydroxyl groups is 1. The largest absolute Gasteiger partial charge is 0.508 e. The zero-order valence-corrected chi connectivity index (χ0v) is 15.0. The van der Waals surface area contributed by atoms with E-state index >= 15 is 0 Å². The predicted octanol–water partition coefficient (Wildman–Crippen LogP) is 4.52. The molecular weight excluding hydrogens is 324 g/mol. The number of phenols is 1. The number of nitriles is 1. The molecule has 4 rings (SSSR count). The minimum absolute atomic E-state index is 0.332. The Labute approximate surface area is 153 Å². The molecule has 1 aromatic heterocycles. The maximum Gasteiger partial charge on any atom is 0.135 e. The van der Waals surface area contributed by atoms with Crippen molar-refractivity contribution >= 4 is 11.0 Å². The molecular formula is C22H22N2O2. The number of phenolic OH excluding ortho intramolecular Hbond substituents is 1. The lowest BCUT2D eigenvalue weighted by molar-refractivity contribution is 0.314. The van der Waals surface area contributed by atoms with Crippen molar-refractivity contribution in [3.8, 4) is 11.8 Å². The smallest absolute Gasteiger partial charge is 0.135 e. The van der Waals surface area contributed by atoms with Crippen LogP contribution >= 0.6 is 0 Å². The molecule has 0 aliphatic heterocycles. The third-order valence-electron chi connectivity index (χ3n) is 5.17. The van der Waals surface area contributed by atoms with Gasteiger partial charge in [0.1, 0.15) is 17.1 Å². The topological polar surface area (TPSA) is 60.4 Å². The van der Waals surface area contributed by atoms with Crippen LogP contribution in [0.1, 0.15) is 40.9 Å². The minimum Gasteiger partial charge on any atom is -0.508 e. The van der Waals surface area contributed by atoms with Crippen molar-refractivity contribution in [1.29, 1.82) is 5.26 Å². The summed E-state index contributed by atoms with van der Waals surface area (Å²) < 4.78 is 6.05. The highest BCUT2D eigenvalue weighted by Gasteiger charge is 2.22. The van der Waals surface area contributed by atoms with Gasteiger partial charge in [-0.25, -0.2) is 0 Å². The quantitative estimate of drug-likeness (QED) is 0.754. The number of aryl methyl sites for hydroxylation is 2. The maximum absolute atomic E-state index is 10.5. The third kappa shape index (κ3) is 3.07. The monoisotopic (exact) mass is 346 g/mol. The van der Waals surface area contributed by atoms with Gasteiger partial charge in [0.25, 0.3) is 0 Å². The van der Waals surface area contributed by atoms with Crippen molar-refractivity contribution in [3.05, 3.63) is 64.4 Å². The normalized spacial score (nSPS) is 13.7. The van der Waals surface area contributed by atoms with Crippen LogP contribution in [0.3, 0.4) is 0 Å². The van der Waals surface area contributed by atoms with Crippen molar-refractivity contribution in [2.24, 2.45) is 0 Å². The maximum atomic E-state index is 10.5. The highest BCUT2D eigenvalue weighted by Crippen LogP contribution is 2.38. The van der Waals surface area contributed by atoms with E-state index in [0.29, 0.717) is 17.9 Å². The Morgan fingerprint density at radius 3 is 2.62 bits per heavy atom. The second kappa shape index (κ2) is 6.86. The second-order valence-electron chi connectivity index (χ2n) is 7.13. The summed E-state index contributed by atoms with van der Waals surface area (Å²) in [7, 11) is 2.04. The molecule has 1 heterocycles. The molecule has 0 radical (unpaired) electrons. The first-order valence-corrected chi connectivity index (χ1v) is 9.08. The van der Waals surface area contributed by atoms with Crippen LogP contribution in [-0.4, -0.2) is 17.1 Å². The van der Waals surface area contributed by atoms with Crippen LogP contribution in [0.25, 0.3) is 11.0 Å². The molecule has 0 unspecified atom stereocenters. The van der Waals surface area contributed by atoms with Gasteiger partial charge in [-0.15, -0.1) is 0 Å². The van der Waals surface area contributed by atoms with Gasteiger partial charge in [-0.2, -0.15) is 5.26 Å². The lowest BCUT2D eigenvalue weighted by atomic mass is 9.93. The van der Waals surface area contributed by atoms with E-state index in [-0.39, 0.29) is 0 Å². The van der Waals surface area contributed by atoms with Crippen LogP contribution in [0.15, 0.2) is 40.8 Å². The molecule has 2 aromatic carbocycles. The molecule has 26 heavy (non-hydrogen) atoms. The summed E-state index contributed by atoms with van der Waals surface area (Å²) in [6, 6.07) is 13.4. The van der Waals surface area contributed by atoms with E-state index in [9.17, 15) is 5.11 Å². The fraction of sp³-hybridized carbons (Fsp3) is 0.318. The number of furan rings is 1. The Morgan fingerprint density at radius 2 is 1.85 bits per heavy atom. The van der Waals surface area contributed by atoms with E-state index in [0.717, 1.165) is 47.2 Å². The number of hydrogen-bond donors (Lipinski definition) is 1. The first-order valence-electron chi connectivity index (χ1n) is 9.08. The summed E-state index contributed by atoms with van der Waals surface area (Å²) in [4.78, 5) is 2.18. The predicted molar refractivity (Wildman–Crippen MR) is 101 cm³/mol. The molecule has 4 heteroatoms. The number of fused-ring (bicyclic) bond motifs is 3. The Morgan fingerprint density at radius 1 is 1.08 bits per heavy atom. The molecule has 0 bridgehead atoms. The van der Waals surface area contributed by atoms with Gasteiger partial charge in [-0.05, 0) is 56.1 Å². The summed E-state index contributed by atoms with van der Waals surface area (Å²) in [5.74, 6) is 1.42. The zero-order valence-electron chi connectivity index (χ0n) is 15.0. The Kier molecular flexibility index (Phi) is 4.40. The molecule has 132 valence electrons. The van der Waals surface area contributed by atoms with Crippen LogP contribution < -0.4 is 0 Å². The van der Waals surface area contributed by atoms with Crippen molar-refractivity contribution in [2.75, 3.05) is 7.05 Å². The van der Waals surface area contributed by atoms with E-state index in [4.69, 9.17) is 9.68 Å². The summed E-state index contributed by atoms with van der Waals surface area (Å²) in [5, 5.41) is 20.5. The molecule has 0 atom stereocenters. The lowest BCUT2D eigenvalue weighted by Crippen LogP contribution is -2.17. The van der Waals surface area contributed by atoms with Crippen molar-refractivity contribution in [2.45, 2.75) is 38.8 Å². The fourth-order valence-electron chi connectivity index (χ4n) is 3.90.